The van der Waals surface area contributed by atoms with Crippen LogP contribution in [0.5, 0.6) is 0 Å². The molecule has 0 spiro atoms. The SMILES string of the molecule is CCCN1CC[N+](CCC)=C1F.[I-]. The highest BCUT2D eigenvalue weighted by Gasteiger charge is 2.29. The lowest BCUT2D eigenvalue weighted by Gasteiger charge is -2.04. The molecular formula is C9H18FIN2. The first-order valence-corrected chi connectivity index (χ1v) is 4.82. The molecule has 0 bridgehead atoms. The van der Waals surface area contributed by atoms with E-state index in [0.717, 1.165) is 39.0 Å². The van der Waals surface area contributed by atoms with Crippen molar-refractivity contribution < 1.29 is 32.9 Å². The van der Waals surface area contributed by atoms with Gasteiger partial charge in [0.25, 0.3) is 0 Å². The number of halogens is 2. The molecule has 0 aliphatic carbocycles. The Kier molecular flexibility index (Phi) is 6.63. The van der Waals surface area contributed by atoms with Crippen molar-refractivity contribution in [2.45, 2.75) is 26.7 Å². The van der Waals surface area contributed by atoms with Crippen molar-refractivity contribution in [2.24, 2.45) is 0 Å². The lowest BCUT2D eigenvalue weighted by Crippen LogP contribution is -3.00. The summed E-state index contributed by atoms with van der Waals surface area (Å²) in [5.74, 6) is 0. The van der Waals surface area contributed by atoms with E-state index < -0.39 is 0 Å². The van der Waals surface area contributed by atoms with Crippen molar-refractivity contribution in [1.82, 2.24) is 4.90 Å². The Balaban J connectivity index is 0.00000144. The lowest BCUT2D eigenvalue weighted by molar-refractivity contribution is -0.523. The van der Waals surface area contributed by atoms with E-state index in [1.807, 2.05) is 9.48 Å². The summed E-state index contributed by atoms with van der Waals surface area (Å²) >= 11 is 0. The third-order valence-electron chi connectivity index (χ3n) is 2.15. The van der Waals surface area contributed by atoms with Gasteiger partial charge in [0, 0.05) is 0 Å². The van der Waals surface area contributed by atoms with Gasteiger partial charge in [-0.1, -0.05) is 13.8 Å². The van der Waals surface area contributed by atoms with Gasteiger partial charge >= 0.3 is 6.09 Å². The van der Waals surface area contributed by atoms with Gasteiger partial charge in [-0.3, -0.25) is 0 Å². The highest BCUT2D eigenvalue weighted by molar-refractivity contribution is 5.68. The van der Waals surface area contributed by atoms with Gasteiger partial charge in [-0.05, 0) is 12.8 Å². The molecule has 0 N–H and O–H groups in total. The maximum Gasteiger partial charge on any atom is 0.436 e. The Labute approximate surface area is 96.8 Å². The molecule has 0 unspecified atom stereocenters. The maximum atomic E-state index is 13.4. The van der Waals surface area contributed by atoms with E-state index in [-0.39, 0.29) is 30.1 Å². The first-order valence-electron chi connectivity index (χ1n) is 4.82. The molecule has 1 rings (SSSR count). The van der Waals surface area contributed by atoms with E-state index in [2.05, 4.69) is 13.8 Å². The topological polar surface area (TPSA) is 6.25 Å². The van der Waals surface area contributed by atoms with E-state index in [9.17, 15) is 4.39 Å². The van der Waals surface area contributed by atoms with Crippen LogP contribution in [0.2, 0.25) is 0 Å². The molecule has 0 amide bonds. The van der Waals surface area contributed by atoms with Gasteiger partial charge in [0.15, 0.2) is 0 Å². The van der Waals surface area contributed by atoms with Crippen molar-refractivity contribution in [2.75, 3.05) is 26.2 Å². The van der Waals surface area contributed by atoms with Gasteiger partial charge in [0.05, 0.1) is 13.1 Å². The van der Waals surface area contributed by atoms with Gasteiger partial charge in [0.2, 0.25) is 0 Å². The van der Waals surface area contributed by atoms with Crippen molar-refractivity contribution in [3.63, 3.8) is 0 Å². The van der Waals surface area contributed by atoms with Gasteiger partial charge in [-0.15, -0.1) is 4.39 Å². The van der Waals surface area contributed by atoms with E-state index >= 15 is 0 Å². The zero-order chi connectivity index (χ0) is 8.97. The van der Waals surface area contributed by atoms with Crippen LogP contribution in [-0.2, 0) is 0 Å². The van der Waals surface area contributed by atoms with Crippen molar-refractivity contribution in [3.8, 4) is 0 Å². The summed E-state index contributed by atoms with van der Waals surface area (Å²) < 4.78 is 15.2. The largest absolute Gasteiger partial charge is 1.00 e. The van der Waals surface area contributed by atoms with Crippen LogP contribution in [0.25, 0.3) is 0 Å². The molecule has 0 aromatic rings. The molecule has 0 saturated carbocycles. The van der Waals surface area contributed by atoms with Crippen LogP contribution in [0.3, 0.4) is 0 Å². The molecule has 0 saturated heterocycles. The van der Waals surface area contributed by atoms with Crippen LogP contribution >= 0.6 is 0 Å². The molecule has 1 aliphatic rings. The van der Waals surface area contributed by atoms with Crippen molar-refractivity contribution >= 4 is 6.09 Å². The zero-order valence-electron chi connectivity index (χ0n) is 8.39. The maximum absolute atomic E-state index is 13.4. The second kappa shape index (κ2) is 6.56. The van der Waals surface area contributed by atoms with Crippen LogP contribution in [-0.4, -0.2) is 41.7 Å². The van der Waals surface area contributed by atoms with Crippen LogP contribution in [0.4, 0.5) is 4.39 Å². The molecule has 78 valence electrons. The Morgan fingerprint density at radius 3 is 2.62 bits per heavy atom. The smallest absolute Gasteiger partial charge is 0.436 e. The molecule has 1 heterocycles. The first kappa shape index (κ1) is 13.1. The van der Waals surface area contributed by atoms with E-state index in [4.69, 9.17) is 0 Å². The Hall–Kier alpha value is 0.130. The molecule has 0 fully saturated rings. The second-order valence-corrected chi connectivity index (χ2v) is 3.24. The number of rotatable bonds is 4. The summed E-state index contributed by atoms with van der Waals surface area (Å²) in [6.45, 7) is 7.59. The first-order chi connectivity index (χ1) is 5.79. The Morgan fingerprint density at radius 1 is 1.38 bits per heavy atom. The predicted molar refractivity (Wildman–Crippen MR) is 48.3 cm³/mol. The quantitative estimate of drug-likeness (QED) is 0.347. The number of hydrogen-bond donors (Lipinski definition) is 0. The van der Waals surface area contributed by atoms with Gasteiger partial charge in [-0.25, -0.2) is 9.48 Å². The van der Waals surface area contributed by atoms with E-state index in [1.165, 1.54) is 0 Å². The van der Waals surface area contributed by atoms with Crippen LogP contribution < -0.4 is 24.0 Å². The highest BCUT2D eigenvalue weighted by atomic mass is 127. The standard InChI is InChI=1S/C9H18FN2.HI/c1-3-5-11-7-8-12(6-4-2)9(11)10;/h3-8H2,1-2H3;1H/q+1;/p-1. The minimum atomic E-state index is -0.0151. The van der Waals surface area contributed by atoms with Crippen molar-refractivity contribution in [1.29, 1.82) is 0 Å². The number of nitrogens with zero attached hydrogens (tertiary/aromatic N) is 2. The second-order valence-electron chi connectivity index (χ2n) is 3.24. The molecule has 2 nitrogen and oxygen atoms in total. The third kappa shape index (κ3) is 3.40. The monoisotopic (exact) mass is 300 g/mol. The highest BCUT2D eigenvalue weighted by Crippen LogP contribution is 2.04. The average molecular weight is 300 g/mol. The molecule has 1 aliphatic heterocycles. The molecule has 4 heteroatoms. The molecular weight excluding hydrogens is 282 g/mol. The van der Waals surface area contributed by atoms with Crippen LogP contribution in [0, 0.1) is 0 Å². The summed E-state index contributed by atoms with van der Waals surface area (Å²) in [6.07, 6.45) is 2.03. The van der Waals surface area contributed by atoms with Gasteiger partial charge in [-0.2, -0.15) is 0 Å². The fourth-order valence-electron chi connectivity index (χ4n) is 1.57. The third-order valence-corrected chi connectivity index (χ3v) is 2.15. The molecule has 13 heavy (non-hydrogen) atoms. The number of amidine groups is 1. The summed E-state index contributed by atoms with van der Waals surface area (Å²) in [6, 6.07) is 0. The molecule has 0 atom stereocenters. The lowest BCUT2D eigenvalue weighted by atomic mass is 10.4. The van der Waals surface area contributed by atoms with Gasteiger partial charge in [0.1, 0.15) is 13.1 Å². The van der Waals surface area contributed by atoms with Gasteiger partial charge < -0.3 is 24.0 Å². The summed E-state index contributed by atoms with van der Waals surface area (Å²) in [5, 5.41) is 0. The minimum absolute atomic E-state index is 0. The average Bonchev–Trinajstić information content (AvgIpc) is 2.38. The van der Waals surface area contributed by atoms with Crippen LogP contribution in [0.1, 0.15) is 26.7 Å². The normalized spacial score (nSPS) is 16.4. The predicted octanol–water partition coefficient (Wildman–Crippen LogP) is -1.54. The summed E-state index contributed by atoms with van der Waals surface area (Å²) in [7, 11) is 0. The van der Waals surface area contributed by atoms with E-state index in [0.29, 0.717) is 0 Å². The summed E-state index contributed by atoms with van der Waals surface area (Å²) in [5.41, 5.74) is 0. The fraction of sp³-hybridized carbons (Fsp3) is 0.889. The zero-order valence-corrected chi connectivity index (χ0v) is 10.6. The van der Waals surface area contributed by atoms with Crippen molar-refractivity contribution in [3.05, 3.63) is 0 Å². The molecule has 0 radical (unpaired) electrons. The van der Waals surface area contributed by atoms with E-state index in [1.54, 1.807) is 0 Å². The molecule has 0 aromatic carbocycles. The summed E-state index contributed by atoms with van der Waals surface area (Å²) in [4.78, 5) is 1.83. The fourth-order valence-corrected chi connectivity index (χ4v) is 1.57. The Bertz CT molecular complexity index is 182. The van der Waals surface area contributed by atoms with Crippen LogP contribution in [0.15, 0.2) is 0 Å². The Morgan fingerprint density at radius 2 is 2.08 bits per heavy atom. The number of hydrogen-bond acceptors (Lipinski definition) is 1. The minimum Gasteiger partial charge on any atom is -1.00 e. The molecule has 0 aromatic heterocycles.